The fourth-order valence-electron chi connectivity index (χ4n) is 7.13. The van der Waals surface area contributed by atoms with Gasteiger partial charge in [0.05, 0.1) is 6.04 Å². The van der Waals surface area contributed by atoms with E-state index < -0.39 is 0 Å². The summed E-state index contributed by atoms with van der Waals surface area (Å²) < 4.78 is 0. The number of nitrogens with zero attached hydrogens (tertiary/aromatic N) is 2. The monoisotopic (exact) mass is 380 g/mol. The second-order valence-electron chi connectivity index (χ2n) is 10.3. The third-order valence-electron chi connectivity index (χ3n) is 8.94. The van der Waals surface area contributed by atoms with Crippen molar-refractivity contribution in [2.75, 3.05) is 26.7 Å². The van der Waals surface area contributed by atoms with E-state index in [9.17, 15) is 4.79 Å². The van der Waals surface area contributed by atoms with Gasteiger partial charge in [0.25, 0.3) is 0 Å². The number of fused-ring (bicyclic) bond motifs is 5. The van der Waals surface area contributed by atoms with Crippen LogP contribution in [0.4, 0.5) is 0 Å². The van der Waals surface area contributed by atoms with E-state index in [0.717, 1.165) is 24.2 Å². The van der Waals surface area contributed by atoms with Crippen molar-refractivity contribution < 1.29 is 4.79 Å². The minimum absolute atomic E-state index is 0.182. The number of hydrogen-bond donors (Lipinski definition) is 0. The molecule has 1 heterocycles. The summed E-state index contributed by atoms with van der Waals surface area (Å²) in [6.45, 7) is 5.52. The largest absolute Gasteiger partial charge is 0.339 e. The van der Waals surface area contributed by atoms with Gasteiger partial charge in [0.15, 0.2) is 0 Å². The van der Waals surface area contributed by atoms with Crippen LogP contribution in [-0.4, -0.2) is 42.4 Å². The Bertz CT molecular complexity index is 728. The molecule has 1 aromatic rings. The number of rotatable bonds is 3. The van der Waals surface area contributed by atoms with Gasteiger partial charge in [-0.2, -0.15) is 0 Å². The van der Waals surface area contributed by atoms with E-state index in [4.69, 9.17) is 0 Å². The van der Waals surface area contributed by atoms with Gasteiger partial charge >= 0.3 is 0 Å². The summed E-state index contributed by atoms with van der Waals surface area (Å²) in [7, 11) is 1.98. The van der Waals surface area contributed by atoms with E-state index >= 15 is 0 Å². The van der Waals surface area contributed by atoms with Crippen molar-refractivity contribution in [3.05, 3.63) is 35.4 Å². The summed E-state index contributed by atoms with van der Waals surface area (Å²) >= 11 is 0. The lowest BCUT2D eigenvalue weighted by Gasteiger charge is -2.46. The van der Waals surface area contributed by atoms with Crippen molar-refractivity contribution in [3.63, 3.8) is 0 Å². The smallest absolute Gasteiger partial charge is 0.219 e. The molecule has 5 aliphatic rings. The third kappa shape index (κ3) is 3.10. The molecule has 4 fully saturated rings. The quantitative estimate of drug-likeness (QED) is 0.754. The first-order chi connectivity index (χ1) is 13.6. The fraction of sp³-hybridized carbons (Fsp3) is 0.720. The van der Waals surface area contributed by atoms with Crippen LogP contribution in [0.25, 0.3) is 0 Å². The molecule has 1 saturated heterocycles. The van der Waals surface area contributed by atoms with Crippen molar-refractivity contribution in [3.8, 4) is 0 Å². The highest BCUT2D eigenvalue weighted by Gasteiger charge is 2.47. The van der Waals surface area contributed by atoms with E-state index in [0.29, 0.717) is 0 Å². The summed E-state index contributed by atoms with van der Waals surface area (Å²) in [5, 5.41) is 0. The first-order valence-electron chi connectivity index (χ1n) is 11.6. The van der Waals surface area contributed by atoms with E-state index in [1.807, 2.05) is 11.9 Å². The van der Waals surface area contributed by atoms with Gasteiger partial charge in [0.1, 0.15) is 0 Å². The van der Waals surface area contributed by atoms with Crippen LogP contribution >= 0.6 is 0 Å². The van der Waals surface area contributed by atoms with Gasteiger partial charge < -0.3 is 9.80 Å². The molecule has 1 amide bonds. The number of carbonyl (C=O) groups excluding carboxylic acids is 1. The Morgan fingerprint density at radius 1 is 1.14 bits per heavy atom. The van der Waals surface area contributed by atoms with Gasteiger partial charge in [-0.3, -0.25) is 4.79 Å². The molecule has 3 saturated carbocycles. The van der Waals surface area contributed by atoms with Crippen LogP contribution in [-0.2, 0) is 10.2 Å². The van der Waals surface area contributed by atoms with E-state index in [2.05, 4.69) is 29.2 Å². The lowest BCUT2D eigenvalue weighted by molar-refractivity contribution is -0.129. The summed E-state index contributed by atoms with van der Waals surface area (Å²) in [6.07, 6.45) is 11.1. The Hall–Kier alpha value is -1.35. The molecule has 4 aliphatic carbocycles. The molecule has 3 nitrogen and oxygen atoms in total. The van der Waals surface area contributed by atoms with E-state index in [1.165, 1.54) is 75.7 Å². The van der Waals surface area contributed by atoms with Crippen LogP contribution in [0.15, 0.2) is 24.3 Å². The molecule has 3 heteroatoms. The second kappa shape index (κ2) is 7.16. The van der Waals surface area contributed by atoms with Gasteiger partial charge in [-0.1, -0.05) is 37.1 Å². The molecule has 152 valence electrons. The number of piperidine rings is 1. The van der Waals surface area contributed by atoms with Crippen LogP contribution in [0.5, 0.6) is 0 Å². The highest BCUT2D eigenvalue weighted by molar-refractivity contribution is 5.74. The lowest BCUT2D eigenvalue weighted by atomic mass is 9.64. The first-order valence-corrected chi connectivity index (χ1v) is 11.6. The Labute approximate surface area is 170 Å². The normalized spacial score (nSPS) is 33.8. The molecule has 0 unspecified atom stereocenters. The fourth-order valence-corrected chi connectivity index (χ4v) is 7.13. The number of amides is 1. The van der Waals surface area contributed by atoms with Gasteiger partial charge in [0, 0.05) is 25.9 Å². The molecular formula is C25H36N2O. The Kier molecular flexibility index (Phi) is 4.77. The van der Waals surface area contributed by atoms with Gasteiger partial charge in [-0.05, 0) is 80.5 Å². The summed E-state index contributed by atoms with van der Waals surface area (Å²) in [4.78, 5) is 16.8. The van der Waals surface area contributed by atoms with Gasteiger partial charge in [-0.25, -0.2) is 0 Å². The number of carbonyl (C=O) groups is 1. The summed E-state index contributed by atoms with van der Waals surface area (Å²) in [6, 6.07) is 9.21. The molecule has 0 radical (unpaired) electrons. The first kappa shape index (κ1) is 18.7. The molecule has 2 bridgehead atoms. The molecule has 1 spiro atoms. The van der Waals surface area contributed by atoms with Crippen molar-refractivity contribution in [1.82, 2.24) is 9.80 Å². The molecule has 0 N–H and O–H groups in total. The molecule has 6 rings (SSSR count). The topological polar surface area (TPSA) is 23.6 Å². The van der Waals surface area contributed by atoms with E-state index in [-0.39, 0.29) is 17.4 Å². The maximum atomic E-state index is 12.1. The third-order valence-corrected chi connectivity index (χ3v) is 8.94. The number of hydrogen-bond acceptors (Lipinski definition) is 2. The van der Waals surface area contributed by atoms with Crippen molar-refractivity contribution in [1.29, 1.82) is 0 Å². The van der Waals surface area contributed by atoms with Crippen LogP contribution < -0.4 is 0 Å². The minimum atomic E-state index is 0.182. The molecular weight excluding hydrogens is 344 g/mol. The molecule has 1 aromatic carbocycles. The number of likely N-dealkylation sites (tertiary alicyclic amines) is 1. The molecule has 28 heavy (non-hydrogen) atoms. The van der Waals surface area contributed by atoms with Crippen LogP contribution in [0, 0.1) is 17.8 Å². The average molecular weight is 381 g/mol. The zero-order chi connectivity index (χ0) is 19.3. The van der Waals surface area contributed by atoms with Crippen LogP contribution in [0.3, 0.4) is 0 Å². The van der Waals surface area contributed by atoms with Gasteiger partial charge in [0.2, 0.25) is 5.91 Å². The summed E-state index contributed by atoms with van der Waals surface area (Å²) in [5.74, 6) is 3.20. The summed E-state index contributed by atoms with van der Waals surface area (Å²) in [5.41, 5.74) is 3.22. The Balaban J connectivity index is 1.28. The predicted molar refractivity (Wildman–Crippen MR) is 113 cm³/mol. The second-order valence-corrected chi connectivity index (χ2v) is 10.3. The predicted octanol–water partition coefficient (Wildman–Crippen LogP) is 4.77. The minimum Gasteiger partial charge on any atom is -0.339 e. The average Bonchev–Trinajstić information content (AvgIpc) is 3.04. The maximum Gasteiger partial charge on any atom is 0.219 e. The lowest BCUT2D eigenvalue weighted by Crippen LogP contribution is -2.46. The standard InChI is InChI=1S/C25H36N2O/c1-18(28)26(2)24-16-25(23-6-4-3-5-22(23)24)11-13-27(14-12-25)17-21-15-19-7-9-20(21)10-8-19/h3-6,19-21,24H,7-17H2,1-2H3/t19-,20-,21-,24+/m1/s1. The van der Waals surface area contributed by atoms with Gasteiger partial charge in [-0.15, -0.1) is 0 Å². The van der Waals surface area contributed by atoms with Crippen LogP contribution in [0.1, 0.15) is 75.5 Å². The van der Waals surface area contributed by atoms with Crippen LogP contribution in [0.2, 0.25) is 0 Å². The zero-order valence-corrected chi connectivity index (χ0v) is 17.7. The Morgan fingerprint density at radius 2 is 1.86 bits per heavy atom. The highest BCUT2D eigenvalue weighted by atomic mass is 16.2. The molecule has 1 aliphatic heterocycles. The van der Waals surface area contributed by atoms with Crippen molar-refractivity contribution >= 4 is 5.91 Å². The maximum absolute atomic E-state index is 12.1. The SMILES string of the molecule is CC(=O)N(C)[C@H]1CC2(CCN(C[C@H]3C[C@H]4CC[C@H]3CC4)CC2)c2ccccc21. The van der Waals surface area contributed by atoms with Crippen molar-refractivity contribution in [2.45, 2.75) is 69.7 Å². The number of benzene rings is 1. The van der Waals surface area contributed by atoms with E-state index in [1.54, 1.807) is 6.92 Å². The molecule has 0 aromatic heterocycles. The molecule has 2 atom stereocenters. The Morgan fingerprint density at radius 3 is 2.50 bits per heavy atom. The zero-order valence-electron chi connectivity index (χ0n) is 17.7. The highest BCUT2D eigenvalue weighted by Crippen LogP contribution is 2.53. The van der Waals surface area contributed by atoms with Crippen molar-refractivity contribution in [2.24, 2.45) is 17.8 Å².